The first-order chi connectivity index (χ1) is 5.90. The summed E-state index contributed by atoms with van der Waals surface area (Å²) in [4.78, 5) is 14.2. The Bertz CT molecular complexity index is 124. The molecule has 13 heavy (non-hydrogen) atoms. The summed E-state index contributed by atoms with van der Waals surface area (Å²) in [5, 5.41) is 17.1. The maximum atomic E-state index is 8.70. The van der Waals surface area contributed by atoms with E-state index in [1.165, 1.54) is 0 Å². The first kappa shape index (κ1) is 15.4. The van der Waals surface area contributed by atoms with Gasteiger partial charge in [0.2, 0.25) is 0 Å². The van der Waals surface area contributed by atoms with Gasteiger partial charge >= 0.3 is 8.25 Å². The van der Waals surface area contributed by atoms with E-state index >= 15 is 0 Å². The summed E-state index contributed by atoms with van der Waals surface area (Å²) >= 11 is 0. The monoisotopic (exact) mass is 215 g/mol. The molecule has 0 aromatic rings. The SMILES string of the molecule is CC(O)COC(C)CO.O=[P+](O)O. The Labute approximate surface area is 77.7 Å². The fourth-order valence-corrected chi connectivity index (χ4v) is 0.356. The maximum Gasteiger partial charge on any atom is 0.692 e. The Morgan fingerprint density at radius 3 is 2.00 bits per heavy atom. The minimum atomic E-state index is -2.87. The zero-order valence-electron chi connectivity index (χ0n) is 7.62. The zero-order chi connectivity index (χ0) is 10.9. The van der Waals surface area contributed by atoms with Gasteiger partial charge in [0.05, 0.1) is 25.4 Å². The van der Waals surface area contributed by atoms with Crippen molar-refractivity contribution in [2.24, 2.45) is 0 Å². The Kier molecular flexibility index (Phi) is 11.8. The minimum absolute atomic E-state index is 0.00667. The van der Waals surface area contributed by atoms with E-state index in [2.05, 4.69) is 0 Å². The van der Waals surface area contributed by atoms with Crippen molar-refractivity contribution < 1.29 is 29.3 Å². The Hall–Kier alpha value is -0.100. The molecule has 0 aromatic heterocycles. The van der Waals surface area contributed by atoms with Crippen molar-refractivity contribution in [1.29, 1.82) is 0 Å². The molecule has 0 aliphatic carbocycles. The summed E-state index contributed by atoms with van der Waals surface area (Å²) in [6, 6.07) is 0. The van der Waals surface area contributed by atoms with Crippen LogP contribution in [-0.4, -0.2) is 45.4 Å². The highest BCUT2D eigenvalue weighted by molar-refractivity contribution is 7.30. The molecule has 0 saturated carbocycles. The number of rotatable bonds is 4. The summed E-state index contributed by atoms with van der Waals surface area (Å²) in [6.07, 6.45) is -0.612. The van der Waals surface area contributed by atoms with Gasteiger partial charge < -0.3 is 14.9 Å². The van der Waals surface area contributed by atoms with E-state index < -0.39 is 14.4 Å². The molecule has 0 bridgehead atoms. The minimum Gasteiger partial charge on any atom is -0.394 e. The van der Waals surface area contributed by atoms with Crippen LogP contribution in [0.3, 0.4) is 0 Å². The molecule has 0 radical (unpaired) electrons. The maximum absolute atomic E-state index is 8.70. The molecule has 80 valence electrons. The van der Waals surface area contributed by atoms with Crippen LogP contribution in [0.15, 0.2) is 0 Å². The molecule has 0 rings (SSSR count). The number of ether oxygens (including phenoxy) is 1. The Morgan fingerprint density at radius 2 is 1.77 bits per heavy atom. The highest BCUT2D eigenvalue weighted by atomic mass is 31.1. The standard InChI is InChI=1S/C6H14O3.HO3P/c1-5(8)4-9-6(2)3-7;1-4(2)3/h5-8H,3-4H2,1-2H3;(H-,1,2,3)/p+1. The third kappa shape index (κ3) is 24.5. The highest BCUT2D eigenvalue weighted by Gasteiger charge is 2.00. The van der Waals surface area contributed by atoms with E-state index in [1.54, 1.807) is 13.8 Å². The fourth-order valence-electron chi connectivity index (χ4n) is 0.356. The van der Waals surface area contributed by atoms with Crippen LogP contribution >= 0.6 is 8.25 Å². The van der Waals surface area contributed by atoms with Gasteiger partial charge in [0.15, 0.2) is 0 Å². The molecule has 0 saturated heterocycles. The lowest BCUT2D eigenvalue weighted by Crippen LogP contribution is -2.19. The average Bonchev–Trinajstić information content (AvgIpc) is 1.99. The smallest absolute Gasteiger partial charge is 0.394 e. The second kappa shape index (κ2) is 9.98. The molecule has 0 spiro atoms. The van der Waals surface area contributed by atoms with Crippen LogP contribution in [0, 0.1) is 0 Å². The largest absolute Gasteiger partial charge is 0.692 e. The van der Waals surface area contributed by atoms with Crippen molar-refractivity contribution in [3.05, 3.63) is 0 Å². The average molecular weight is 215 g/mol. The number of aliphatic hydroxyl groups excluding tert-OH is 2. The van der Waals surface area contributed by atoms with Gasteiger partial charge in [0.1, 0.15) is 0 Å². The van der Waals surface area contributed by atoms with E-state index in [4.69, 9.17) is 29.3 Å². The predicted molar refractivity (Wildman–Crippen MR) is 46.2 cm³/mol. The lowest BCUT2D eigenvalue weighted by Gasteiger charge is -2.10. The van der Waals surface area contributed by atoms with Gasteiger partial charge in [-0.05, 0) is 13.8 Å². The van der Waals surface area contributed by atoms with E-state index in [-0.39, 0.29) is 12.7 Å². The van der Waals surface area contributed by atoms with Crippen LogP contribution in [0.2, 0.25) is 0 Å². The molecule has 6 nitrogen and oxygen atoms in total. The van der Waals surface area contributed by atoms with Crippen LogP contribution < -0.4 is 0 Å². The van der Waals surface area contributed by atoms with Crippen molar-refractivity contribution in [2.75, 3.05) is 13.2 Å². The van der Waals surface area contributed by atoms with E-state index in [0.29, 0.717) is 6.61 Å². The summed E-state index contributed by atoms with van der Waals surface area (Å²) in [6.45, 7) is 3.70. The van der Waals surface area contributed by atoms with E-state index in [9.17, 15) is 0 Å². The third-order valence-electron chi connectivity index (χ3n) is 0.879. The molecule has 0 amide bonds. The summed E-state index contributed by atoms with van der Waals surface area (Å²) in [7, 11) is -2.87. The van der Waals surface area contributed by atoms with Gasteiger partial charge in [-0.15, -0.1) is 9.79 Å². The van der Waals surface area contributed by atoms with Gasteiger partial charge in [-0.2, -0.15) is 0 Å². The predicted octanol–water partition coefficient (Wildman–Crippen LogP) is -0.607. The van der Waals surface area contributed by atoms with Gasteiger partial charge in [-0.1, -0.05) is 0 Å². The third-order valence-corrected chi connectivity index (χ3v) is 0.879. The molecule has 0 heterocycles. The van der Waals surface area contributed by atoms with Crippen LogP contribution in [0.25, 0.3) is 0 Å². The lowest BCUT2D eigenvalue weighted by atomic mass is 10.4. The van der Waals surface area contributed by atoms with Crippen LogP contribution in [-0.2, 0) is 9.30 Å². The lowest BCUT2D eigenvalue weighted by molar-refractivity contribution is -0.0177. The molecule has 0 aliphatic heterocycles. The summed E-state index contributed by atoms with van der Waals surface area (Å²) in [5.41, 5.74) is 0. The summed E-state index contributed by atoms with van der Waals surface area (Å²) in [5.74, 6) is 0. The first-order valence-corrected chi connectivity index (χ1v) is 4.82. The highest BCUT2D eigenvalue weighted by Crippen LogP contribution is 1.98. The van der Waals surface area contributed by atoms with Crippen molar-refractivity contribution >= 4 is 8.25 Å². The van der Waals surface area contributed by atoms with Crippen LogP contribution in [0.5, 0.6) is 0 Å². The number of aliphatic hydroxyl groups is 2. The quantitative estimate of drug-likeness (QED) is 0.466. The first-order valence-electron chi connectivity index (χ1n) is 3.65. The molecule has 0 fully saturated rings. The Balaban J connectivity index is 0. The van der Waals surface area contributed by atoms with Crippen LogP contribution in [0.4, 0.5) is 0 Å². The number of hydrogen-bond donors (Lipinski definition) is 4. The van der Waals surface area contributed by atoms with E-state index in [0.717, 1.165) is 0 Å². The molecular weight excluding hydrogens is 199 g/mol. The molecule has 0 aromatic carbocycles. The molecule has 2 atom stereocenters. The zero-order valence-corrected chi connectivity index (χ0v) is 8.52. The molecular formula is C6H16O6P+. The van der Waals surface area contributed by atoms with Crippen LogP contribution in [0.1, 0.15) is 13.8 Å². The second-order valence-electron chi connectivity index (χ2n) is 2.43. The van der Waals surface area contributed by atoms with Gasteiger partial charge in [-0.25, -0.2) is 0 Å². The Morgan fingerprint density at radius 1 is 1.38 bits per heavy atom. The topological polar surface area (TPSA) is 107 Å². The van der Waals surface area contributed by atoms with Gasteiger partial charge in [-0.3, -0.25) is 0 Å². The number of hydrogen-bond acceptors (Lipinski definition) is 4. The van der Waals surface area contributed by atoms with E-state index in [1.807, 2.05) is 0 Å². The van der Waals surface area contributed by atoms with Crippen molar-refractivity contribution in [3.8, 4) is 0 Å². The molecule has 4 N–H and O–H groups in total. The normalized spacial score (nSPS) is 14.0. The van der Waals surface area contributed by atoms with Gasteiger partial charge in [0, 0.05) is 4.57 Å². The van der Waals surface area contributed by atoms with Crippen molar-refractivity contribution in [2.45, 2.75) is 26.1 Å². The molecule has 7 heteroatoms. The van der Waals surface area contributed by atoms with Gasteiger partial charge in [0.25, 0.3) is 0 Å². The molecule has 2 unspecified atom stereocenters. The van der Waals surface area contributed by atoms with Crippen molar-refractivity contribution in [3.63, 3.8) is 0 Å². The molecule has 0 aliphatic rings. The van der Waals surface area contributed by atoms with Crippen molar-refractivity contribution in [1.82, 2.24) is 0 Å². The fraction of sp³-hybridized carbons (Fsp3) is 1.00. The second-order valence-corrected chi connectivity index (χ2v) is 2.93. The summed E-state index contributed by atoms with van der Waals surface area (Å²) < 4.78 is 13.7.